The molecule has 0 N–H and O–H groups in total. The Kier molecular flexibility index (Phi) is 1.38. The highest BCUT2D eigenvalue weighted by Crippen LogP contribution is 2.18. The Morgan fingerprint density at radius 1 is 1.29 bits per heavy atom. The van der Waals surface area contributed by atoms with Crippen LogP contribution in [0.2, 0.25) is 0 Å². The van der Waals surface area contributed by atoms with Gasteiger partial charge in [0.2, 0.25) is 0 Å². The van der Waals surface area contributed by atoms with E-state index in [-0.39, 0.29) is 0 Å². The third kappa shape index (κ3) is 0.990. The van der Waals surface area contributed by atoms with Gasteiger partial charge in [0.05, 0.1) is 6.20 Å². The van der Waals surface area contributed by atoms with Crippen LogP contribution < -0.4 is 0 Å². The van der Waals surface area contributed by atoms with Crippen molar-refractivity contribution in [3.8, 4) is 11.3 Å². The predicted octanol–water partition coefficient (Wildman–Crippen LogP) is 1.38. The summed E-state index contributed by atoms with van der Waals surface area (Å²) in [7, 11) is 0. The van der Waals surface area contributed by atoms with E-state index in [9.17, 15) is 0 Å². The second-order valence-electron chi connectivity index (χ2n) is 2.88. The van der Waals surface area contributed by atoms with Crippen molar-refractivity contribution in [3.05, 3.63) is 37.2 Å². The fourth-order valence-corrected chi connectivity index (χ4v) is 1.33. The van der Waals surface area contributed by atoms with Gasteiger partial charge in [-0.15, -0.1) is 10.2 Å². The number of nitrogens with zero attached hydrogens (tertiary/aromatic N) is 4. The molecule has 0 aromatic carbocycles. The Bertz CT molecular complexity index is 555. The second-order valence-corrected chi connectivity index (χ2v) is 2.88. The van der Waals surface area contributed by atoms with Gasteiger partial charge in [-0.05, 0) is 12.1 Å². The quantitative estimate of drug-likeness (QED) is 0.576. The molecule has 0 amide bonds. The van der Waals surface area contributed by atoms with Crippen LogP contribution in [-0.2, 0) is 0 Å². The first-order valence-electron chi connectivity index (χ1n) is 4.12. The first-order chi connectivity index (χ1) is 6.93. The summed E-state index contributed by atoms with van der Waals surface area (Å²) in [4.78, 5) is 3.86. The summed E-state index contributed by atoms with van der Waals surface area (Å²) in [6, 6.07) is 3.80. The standard InChI is InChI=1S/C9H6N4O/c1-2-9-12-11-5-13(9)4-7(1)8-3-10-6-14-8/h1-6H. The lowest BCUT2D eigenvalue weighted by molar-refractivity contribution is 0.571. The van der Waals surface area contributed by atoms with Gasteiger partial charge in [0.1, 0.15) is 6.33 Å². The van der Waals surface area contributed by atoms with Gasteiger partial charge in [-0.25, -0.2) is 4.98 Å². The zero-order valence-electron chi connectivity index (χ0n) is 7.16. The molecule has 5 heteroatoms. The fourth-order valence-electron chi connectivity index (χ4n) is 1.33. The third-order valence-corrected chi connectivity index (χ3v) is 2.01. The van der Waals surface area contributed by atoms with Crippen LogP contribution in [0.15, 0.2) is 41.7 Å². The van der Waals surface area contributed by atoms with Gasteiger partial charge in [0.15, 0.2) is 17.8 Å². The maximum absolute atomic E-state index is 5.18. The van der Waals surface area contributed by atoms with Crippen molar-refractivity contribution >= 4 is 5.65 Å². The lowest BCUT2D eigenvalue weighted by Crippen LogP contribution is -1.83. The molecule has 0 fully saturated rings. The van der Waals surface area contributed by atoms with Crippen LogP contribution in [0.3, 0.4) is 0 Å². The van der Waals surface area contributed by atoms with Gasteiger partial charge in [0, 0.05) is 11.8 Å². The van der Waals surface area contributed by atoms with E-state index in [4.69, 9.17) is 4.42 Å². The molecule has 0 aliphatic rings. The molecule has 3 aromatic heterocycles. The van der Waals surface area contributed by atoms with E-state index in [1.807, 2.05) is 22.7 Å². The Morgan fingerprint density at radius 3 is 3.14 bits per heavy atom. The van der Waals surface area contributed by atoms with Gasteiger partial charge in [-0.2, -0.15) is 0 Å². The minimum Gasteiger partial charge on any atom is -0.443 e. The molecule has 5 nitrogen and oxygen atoms in total. The number of pyridine rings is 1. The average molecular weight is 186 g/mol. The Hall–Kier alpha value is -2.17. The van der Waals surface area contributed by atoms with Crippen molar-refractivity contribution in [2.45, 2.75) is 0 Å². The number of hydrogen-bond donors (Lipinski definition) is 0. The maximum Gasteiger partial charge on any atom is 0.181 e. The molecule has 0 saturated heterocycles. The highest BCUT2D eigenvalue weighted by atomic mass is 16.3. The van der Waals surface area contributed by atoms with E-state index in [0.717, 1.165) is 17.0 Å². The summed E-state index contributed by atoms with van der Waals surface area (Å²) in [5.74, 6) is 0.737. The SMILES string of the molecule is c1ncc(-c2ccc3nncn3c2)o1. The van der Waals surface area contributed by atoms with E-state index in [1.165, 1.54) is 6.39 Å². The summed E-state index contributed by atoms with van der Waals surface area (Å²) in [5.41, 5.74) is 1.77. The minimum absolute atomic E-state index is 0.737. The molecule has 68 valence electrons. The van der Waals surface area contributed by atoms with Gasteiger partial charge in [0.25, 0.3) is 0 Å². The van der Waals surface area contributed by atoms with Gasteiger partial charge >= 0.3 is 0 Å². The average Bonchev–Trinajstić information content (AvgIpc) is 2.88. The molecular weight excluding hydrogens is 180 g/mol. The predicted molar refractivity (Wildman–Crippen MR) is 48.5 cm³/mol. The van der Waals surface area contributed by atoms with Crippen molar-refractivity contribution in [2.75, 3.05) is 0 Å². The summed E-state index contributed by atoms with van der Waals surface area (Å²) in [6.45, 7) is 0. The number of fused-ring (bicyclic) bond motifs is 1. The highest BCUT2D eigenvalue weighted by molar-refractivity contribution is 5.57. The maximum atomic E-state index is 5.18. The van der Waals surface area contributed by atoms with Gasteiger partial charge in [-0.1, -0.05) is 0 Å². The highest BCUT2D eigenvalue weighted by Gasteiger charge is 2.02. The normalized spacial score (nSPS) is 10.9. The number of oxazole rings is 1. The molecule has 0 aliphatic carbocycles. The third-order valence-electron chi connectivity index (χ3n) is 2.01. The summed E-state index contributed by atoms with van der Waals surface area (Å²) < 4.78 is 7.01. The van der Waals surface area contributed by atoms with Crippen molar-refractivity contribution in [3.63, 3.8) is 0 Å². The molecule has 0 saturated carbocycles. The Morgan fingerprint density at radius 2 is 2.29 bits per heavy atom. The van der Waals surface area contributed by atoms with Crippen LogP contribution in [0.1, 0.15) is 0 Å². The molecule has 0 radical (unpaired) electrons. The fraction of sp³-hybridized carbons (Fsp3) is 0. The van der Waals surface area contributed by atoms with E-state index < -0.39 is 0 Å². The zero-order chi connectivity index (χ0) is 9.38. The van der Waals surface area contributed by atoms with Crippen LogP contribution in [0, 0.1) is 0 Å². The number of aromatic nitrogens is 4. The van der Waals surface area contributed by atoms with Crippen LogP contribution in [0.5, 0.6) is 0 Å². The van der Waals surface area contributed by atoms with E-state index in [0.29, 0.717) is 0 Å². The van der Waals surface area contributed by atoms with Crippen LogP contribution in [-0.4, -0.2) is 19.6 Å². The van der Waals surface area contributed by atoms with Crippen LogP contribution >= 0.6 is 0 Å². The molecule has 3 rings (SSSR count). The molecule has 0 unspecified atom stereocenters. The molecule has 0 bridgehead atoms. The summed E-state index contributed by atoms with van der Waals surface area (Å²) in [5, 5.41) is 7.70. The Labute approximate surface area is 79.0 Å². The molecule has 0 aliphatic heterocycles. The monoisotopic (exact) mass is 186 g/mol. The lowest BCUT2D eigenvalue weighted by atomic mass is 10.2. The number of rotatable bonds is 1. The largest absolute Gasteiger partial charge is 0.443 e. The van der Waals surface area contributed by atoms with Crippen LogP contribution in [0.25, 0.3) is 17.0 Å². The molecule has 0 spiro atoms. The first-order valence-corrected chi connectivity index (χ1v) is 4.12. The van der Waals surface area contributed by atoms with Crippen molar-refractivity contribution in [1.82, 2.24) is 19.6 Å². The Balaban J connectivity index is 2.23. The summed E-state index contributed by atoms with van der Waals surface area (Å²) >= 11 is 0. The summed E-state index contributed by atoms with van der Waals surface area (Å²) in [6.07, 6.45) is 6.63. The molecule has 14 heavy (non-hydrogen) atoms. The van der Waals surface area contributed by atoms with E-state index in [2.05, 4.69) is 15.2 Å². The molecule has 3 heterocycles. The van der Waals surface area contributed by atoms with Crippen molar-refractivity contribution in [1.29, 1.82) is 0 Å². The van der Waals surface area contributed by atoms with Crippen LogP contribution in [0.4, 0.5) is 0 Å². The topological polar surface area (TPSA) is 56.2 Å². The van der Waals surface area contributed by atoms with E-state index >= 15 is 0 Å². The van der Waals surface area contributed by atoms with Gasteiger partial charge < -0.3 is 4.42 Å². The first kappa shape index (κ1) is 7.25. The minimum atomic E-state index is 0.737. The molecule has 0 atom stereocenters. The molecular formula is C9H6N4O. The second kappa shape index (κ2) is 2.66. The van der Waals surface area contributed by atoms with E-state index in [1.54, 1.807) is 12.5 Å². The smallest absolute Gasteiger partial charge is 0.181 e. The number of hydrogen-bond acceptors (Lipinski definition) is 4. The van der Waals surface area contributed by atoms with Crippen molar-refractivity contribution in [2.24, 2.45) is 0 Å². The zero-order valence-corrected chi connectivity index (χ0v) is 7.16. The lowest BCUT2D eigenvalue weighted by Gasteiger charge is -1.96. The van der Waals surface area contributed by atoms with Crippen molar-refractivity contribution < 1.29 is 4.42 Å². The van der Waals surface area contributed by atoms with Gasteiger partial charge in [-0.3, -0.25) is 4.40 Å². The molecule has 3 aromatic rings.